The predicted octanol–water partition coefficient (Wildman–Crippen LogP) is 3.39. The Morgan fingerprint density at radius 1 is 1.61 bits per heavy atom. The molecule has 0 amide bonds. The van der Waals surface area contributed by atoms with Gasteiger partial charge in [0.2, 0.25) is 0 Å². The van der Waals surface area contributed by atoms with Crippen LogP contribution in [0.25, 0.3) is 5.57 Å². The molecule has 23 heavy (non-hydrogen) atoms. The van der Waals surface area contributed by atoms with Crippen LogP contribution in [-0.4, -0.2) is 29.3 Å². The van der Waals surface area contributed by atoms with Gasteiger partial charge in [-0.3, -0.25) is 4.79 Å². The van der Waals surface area contributed by atoms with Crippen molar-refractivity contribution in [3.8, 4) is 0 Å². The Morgan fingerprint density at radius 3 is 3.04 bits per heavy atom. The Hall–Kier alpha value is -2.14. The van der Waals surface area contributed by atoms with Crippen LogP contribution in [0.1, 0.15) is 30.9 Å². The van der Waals surface area contributed by atoms with E-state index in [9.17, 15) is 14.3 Å². The first-order chi connectivity index (χ1) is 11.0. The summed E-state index contributed by atoms with van der Waals surface area (Å²) in [4.78, 5) is 11.3. The molecule has 4 nitrogen and oxygen atoms in total. The van der Waals surface area contributed by atoms with Gasteiger partial charge < -0.3 is 15.2 Å². The molecule has 0 bridgehead atoms. The maximum atomic E-state index is 14.2. The number of ether oxygens (including phenoxy) is 1. The number of rotatable bonds is 5. The third-order valence-electron chi connectivity index (χ3n) is 4.76. The number of nitrogens with one attached hydrogen (secondary N) is 1. The zero-order chi connectivity index (χ0) is 16.6. The van der Waals surface area contributed by atoms with E-state index in [0.29, 0.717) is 25.0 Å². The van der Waals surface area contributed by atoms with Crippen LogP contribution >= 0.6 is 0 Å². The molecular weight excluding hydrogens is 297 g/mol. The van der Waals surface area contributed by atoms with E-state index in [-0.39, 0.29) is 18.3 Å². The van der Waals surface area contributed by atoms with E-state index in [4.69, 9.17) is 4.74 Å². The lowest BCUT2D eigenvalue weighted by Crippen LogP contribution is -2.51. The Labute approximate surface area is 134 Å². The number of benzene rings is 1. The highest BCUT2D eigenvalue weighted by molar-refractivity contribution is 5.90. The second-order valence-electron chi connectivity index (χ2n) is 5.98. The van der Waals surface area contributed by atoms with Crippen LogP contribution in [0.5, 0.6) is 0 Å². The fourth-order valence-electron chi connectivity index (χ4n) is 3.61. The standard InChI is InChI=1S/C18H20FNO3/c1-3-5-13-14(19)7-6-11-12-8-9-23-18(4-2,10-15(21)22)17(12)20-16(11)13/h3,6-8,17,20H,1,4-5,9-10H2,2H3,(H,21,22). The number of fused-ring (bicyclic) bond motifs is 3. The van der Waals surface area contributed by atoms with Crippen LogP contribution in [0.3, 0.4) is 0 Å². The van der Waals surface area contributed by atoms with Gasteiger partial charge in [-0.2, -0.15) is 0 Å². The van der Waals surface area contributed by atoms with Crippen molar-refractivity contribution < 1.29 is 19.0 Å². The molecule has 0 spiro atoms. The number of halogens is 1. The molecule has 0 fully saturated rings. The smallest absolute Gasteiger partial charge is 0.306 e. The predicted molar refractivity (Wildman–Crippen MR) is 86.9 cm³/mol. The summed E-state index contributed by atoms with van der Waals surface area (Å²) in [6.07, 6.45) is 4.50. The van der Waals surface area contributed by atoms with Gasteiger partial charge in [0.25, 0.3) is 0 Å². The molecule has 2 atom stereocenters. The maximum absolute atomic E-state index is 14.2. The number of carbonyl (C=O) groups is 1. The SMILES string of the molecule is C=CCc1c(F)ccc2c1NC1C2=CCOC1(CC)CC(=O)O. The molecule has 0 aliphatic carbocycles. The summed E-state index contributed by atoms with van der Waals surface area (Å²) in [6, 6.07) is 2.93. The summed E-state index contributed by atoms with van der Waals surface area (Å²) in [5, 5.41) is 12.6. The van der Waals surface area contributed by atoms with Gasteiger partial charge >= 0.3 is 5.97 Å². The lowest BCUT2D eigenvalue weighted by atomic mass is 9.81. The molecule has 3 rings (SSSR count). The topological polar surface area (TPSA) is 58.6 Å². The van der Waals surface area contributed by atoms with E-state index >= 15 is 0 Å². The van der Waals surface area contributed by atoms with E-state index in [1.165, 1.54) is 6.07 Å². The zero-order valence-electron chi connectivity index (χ0n) is 13.1. The molecule has 2 aliphatic rings. The largest absolute Gasteiger partial charge is 0.481 e. The summed E-state index contributed by atoms with van der Waals surface area (Å²) < 4.78 is 20.0. The van der Waals surface area contributed by atoms with Crippen LogP contribution in [0.15, 0.2) is 30.9 Å². The monoisotopic (exact) mass is 317 g/mol. The van der Waals surface area contributed by atoms with Gasteiger partial charge in [0.1, 0.15) is 11.4 Å². The van der Waals surface area contributed by atoms with Crippen molar-refractivity contribution in [1.82, 2.24) is 0 Å². The molecule has 0 saturated heterocycles. The van der Waals surface area contributed by atoms with Crippen molar-refractivity contribution >= 4 is 17.2 Å². The molecule has 2 aliphatic heterocycles. The van der Waals surface area contributed by atoms with Crippen LogP contribution in [-0.2, 0) is 16.0 Å². The number of carboxylic acids is 1. The lowest BCUT2D eigenvalue weighted by Gasteiger charge is -2.40. The zero-order valence-corrected chi connectivity index (χ0v) is 13.1. The maximum Gasteiger partial charge on any atom is 0.306 e. The molecule has 122 valence electrons. The quantitative estimate of drug-likeness (QED) is 0.817. The third kappa shape index (κ3) is 2.45. The highest BCUT2D eigenvalue weighted by Gasteiger charge is 2.48. The van der Waals surface area contributed by atoms with Crippen LogP contribution in [0.4, 0.5) is 10.1 Å². The van der Waals surface area contributed by atoms with Crippen LogP contribution < -0.4 is 5.32 Å². The second-order valence-corrected chi connectivity index (χ2v) is 5.98. The fraction of sp³-hybridized carbons (Fsp3) is 0.389. The van der Waals surface area contributed by atoms with Crippen molar-refractivity contribution in [2.45, 2.75) is 37.8 Å². The average molecular weight is 317 g/mol. The average Bonchev–Trinajstić information content (AvgIpc) is 2.90. The Morgan fingerprint density at radius 2 is 2.39 bits per heavy atom. The summed E-state index contributed by atoms with van der Waals surface area (Å²) in [7, 11) is 0. The van der Waals surface area contributed by atoms with Gasteiger partial charge in [-0.1, -0.05) is 19.1 Å². The molecule has 1 aromatic rings. The molecule has 0 radical (unpaired) electrons. The van der Waals surface area contributed by atoms with Crippen molar-refractivity contribution in [2.24, 2.45) is 0 Å². The molecule has 2 N–H and O–H groups in total. The summed E-state index contributed by atoms with van der Waals surface area (Å²) >= 11 is 0. The van der Waals surface area contributed by atoms with Gasteiger partial charge in [-0.15, -0.1) is 6.58 Å². The fourth-order valence-corrected chi connectivity index (χ4v) is 3.61. The summed E-state index contributed by atoms with van der Waals surface area (Å²) in [5.41, 5.74) is 2.40. The highest BCUT2D eigenvalue weighted by atomic mass is 19.1. The number of carboxylic acid groups (broad SMARTS) is 1. The number of hydrogen-bond donors (Lipinski definition) is 2. The molecule has 2 heterocycles. The van der Waals surface area contributed by atoms with E-state index in [0.717, 1.165) is 16.8 Å². The Kier molecular flexibility index (Phi) is 3.98. The number of anilines is 1. The van der Waals surface area contributed by atoms with Crippen molar-refractivity contribution in [2.75, 3.05) is 11.9 Å². The van der Waals surface area contributed by atoms with Gasteiger partial charge in [-0.05, 0) is 30.5 Å². The van der Waals surface area contributed by atoms with E-state index < -0.39 is 11.6 Å². The van der Waals surface area contributed by atoms with Gasteiger partial charge in [0, 0.05) is 16.8 Å². The van der Waals surface area contributed by atoms with Crippen molar-refractivity contribution in [1.29, 1.82) is 0 Å². The minimum atomic E-state index is -0.900. The van der Waals surface area contributed by atoms with E-state index in [1.54, 1.807) is 12.1 Å². The number of hydrogen-bond acceptors (Lipinski definition) is 3. The molecule has 0 saturated carbocycles. The molecular formula is C18H20FNO3. The highest BCUT2D eigenvalue weighted by Crippen LogP contribution is 2.47. The number of allylic oxidation sites excluding steroid dienone is 1. The van der Waals surface area contributed by atoms with Gasteiger partial charge in [0.15, 0.2) is 0 Å². The number of aliphatic carboxylic acids is 1. The summed E-state index contributed by atoms with van der Waals surface area (Å²) in [6.45, 7) is 5.97. The Balaban J connectivity index is 2.08. The van der Waals surface area contributed by atoms with Crippen LogP contribution in [0.2, 0.25) is 0 Å². The van der Waals surface area contributed by atoms with E-state index in [1.807, 2.05) is 13.0 Å². The molecule has 1 aromatic carbocycles. The van der Waals surface area contributed by atoms with Crippen LogP contribution in [0, 0.1) is 5.82 Å². The first kappa shape index (κ1) is 15.7. The lowest BCUT2D eigenvalue weighted by molar-refractivity contribution is -0.146. The first-order valence-electron chi connectivity index (χ1n) is 7.77. The second kappa shape index (κ2) is 5.81. The first-order valence-corrected chi connectivity index (χ1v) is 7.77. The molecule has 2 unspecified atom stereocenters. The molecule has 0 aromatic heterocycles. The summed E-state index contributed by atoms with van der Waals surface area (Å²) in [5.74, 6) is -1.18. The van der Waals surface area contributed by atoms with Crippen molar-refractivity contribution in [3.05, 3.63) is 47.8 Å². The van der Waals surface area contributed by atoms with Gasteiger partial charge in [0.05, 0.1) is 19.1 Å². The van der Waals surface area contributed by atoms with Crippen molar-refractivity contribution in [3.63, 3.8) is 0 Å². The molecule has 5 heteroatoms. The minimum Gasteiger partial charge on any atom is -0.481 e. The van der Waals surface area contributed by atoms with Gasteiger partial charge in [-0.25, -0.2) is 4.39 Å². The third-order valence-corrected chi connectivity index (χ3v) is 4.76. The van der Waals surface area contributed by atoms with E-state index in [2.05, 4.69) is 11.9 Å². The normalized spacial score (nSPS) is 25.1. The minimum absolute atomic E-state index is 0.0915. The Bertz CT molecular complexity index is 698.